The second kappa shape index (κ2) is 6.59. The van der Waals surface area contributed by atoms with Gasteiger partial charge in [0.25, 0.3) is 0 Å². The Kier molecular flexibility index (Phi) is 4.99. The van der Waals surface area contributed by atoms with E-state index in [1.807, 2.05) is 32.0 Å². The summed E-state index contributed by atoms with van der Waals surface area (Å²) < 4.78 is 36.3. The molecule has 0 radical (unpaired) electrons. The maximum absolute atomic E-state index is 11.2. The van der Waals surface area contributed by atoms with Crippen LogP contribution in [-0.4, -0.2) is 32.9 Å². The van der Waals surface area contributed by atoms with Crippen molar-refractivity contribution in [2.75, 3.05) is 18.9 Å². The number of para-hydroxylation sites is 1. The largest absolute Gasteiger partial charge is 0.483 e. The van der Waals surface area contributed by atoms with Crippen molar-refractivity contribution in [3.8, 4) is 23.3 Å². The van der Waals surface area contributed by atoms with Gasteiger partial charge in [-0.3, -0.25) is 0 Å². The minimum atomic E-state index is -3.19. The summed E-state index contributed by atoms with van der Waals surface area (Å²) in [7, 11) is -3.19. The molecule has 120 valence electrons. The monoisotopic (exact) mass is 323 g/mol. The Morgan fingerprint density at radius 1 is 1.36 bits per heavy atom. The minimum Gasteiger partial charge on any atom is -0.483 e. The maximum Gasteiger partial charge on any atom is 0.212 e. The van der Waals surface area contributed by atoms with Gasteiger partial charge in [-0.1, -0.05) is 24.0 Å². The van der Waals surface area contributed by atoms with Crippen molar-refractivity contribution in [3.63, 3.8) is 0 Å². The normalized spacial score (nSPS) is 15.4. The van der Waals surface area contributed by atoms with Crippen molar-refractivity contribution in [2.45, 2.75) is 32.8 Å². The molecule has 1 N–H and O–H groups in total. The summed E-state index contributed by atoms with van der Waals surface area (Å²) in [5, 5.41) is 0. The van der Waals surface area contributed by atoms with E-state index in [9.17, 15) is 8.42 Å². The van der Waals surface area contributed by atoms with E-state index in [0.29, 0.717) is 5.75 Å². The molecule has 1 aliphatic rings. The summed E-state index contributed by atoms with van der Waals surface area (Å²) in [5.74, 6) is 7.01. The van der Waals surface area contributed by atoms with Crippen LogP contribution in [0.1, 0.15) is 26.3 Å². The summed E-state index contributed by atoms with van der Waals surface area (Å²) in [6, 6.07) is 5.81. The van der Waals surface area contributed by atoms with E-state index in [-0.39, 0.29) is 24.5 Å². The van der Waals surface area contributed by atoms with Crippen LogP contribution in [0.3, 0.4) is 0 Å². The third kappa shape index (κ3) is 4.39. The molecular formula is C16H21NO4S. The number of benzene rings is 1. The number of hydrogen-bond donors (Lipinski definition) is 1. The molecule has 0 aromatic heterocycles. The molecule has 5 nitrogen and oxygen atoms in total. The third-order valence-electron chi connectivity index (χ3n) is 3.24. The Morgan fingerprint density at radius 2 is 2.14 bits per heavy atom. The van der Waals surface area contributed by atoms with Gasteiger partial charge < -0.3 is 9.47 Å². The molecule has 0 atom stereocenters. The Hall–Kier alpha value is -1.71. The van der Waals surface area contributed by atoms with E-state index in [1.165, 1.54) is 0 Å². The maximum atomic E-state index is 11.2. The van der Waals surface area contributed by atoms with Gasteiger partial charge in [-0.2, -0.15) is 0 Å². The molecule has 0 unspecified atom stereocenters. The van der Waals surface area contributed by atoms with Crippen molar-refractivity contribution < 1.29 is 17.9 Å². The molecule has 22 heavy (non-hydrogen) atoms. The average molecular weight is 323 g/mol. The number of rotatable bonds is 5. The number of sulfonamides is 1. The van der Waals surface area contributed by atoms with Crippen LogP contribution < -0.4 is 14.2 Å². The first-order valence-electron chi connectivity index (χ1n) is 7.20. The van der Waals surface area contributed by atoms with Crippen LogP contribution in [0.25, 0.3) is 0 Å². The molecule has 0 saturated carbocycles. The fourth-order valence-corrected chi connectivity index (χ4v) is 2.67. The van der Waals surface area contributed by atoms with Gasteiger partial charge in [0.2, 0.25) is 10.0 Å². The second-order valence-corrected chi connectivity index (χ2v) is 7.75. The van der Waals surface area contributed by atoms with Crippen LogP contribution in [0.5, 0.6) is 11.5 Å². The van der Waals surface area contributed by atoms with E-state index in [2.05, 4.69) is 16.6 Å². The van der Waals surface area contributed by atoms with Crippen LogP contribution >= 0.6 is 0 Å². The van der Waals surface area contributed by atoms with Crippen molar-refractivity contribution in [2.24, 2.45) is 0 Å². The third-order valence-corrected chi connectivity index (χ3v) is 4.58. The van der Waals surface area contributed by atoms with Gasteiger partial charge in [-0.15, -0.1) is 0 Å². The average Bonchev–Trinajstić information content (AvgIpc) is 2.77. The zero-order valence-electron chi connectivity index (χ0n) is 13.1. The molecule has 1 heterocycles. The molecule has 0 spiro atoms. The topological polar surface area (TPSA) is 64.6 Å². The predicted molar refractivity (Wildman–Crippen MR) is 85.6 cm³/mol. The van der Waals surface area contributed by atoms with Crippen molar-refractivity contribution >= 4 is 10.0 Å². The quantitative estimate of drug-likeness (QED) is 0.838. The summed E-state index contributed by atoms with van der Waals surface area (Å²) in [5.41, 5.74) is 0.914. The van der Waals surface area contributed by atoms with Gasteiger partial charge in [0.15, 0.2) is 11.5 Å². The van der Waals surface area contributed by atoms with E-state index >= 15 is 0 Å². The lowest BCUT2D eigenvalue weighted by molar-refractivity contribution is 0.133. The van der Waals surface area contributed by atoms with Crippen LogP contribution in [-0.2, 0) is 16.4 Å². The van der Waals surface area contributed by atoms with E-state index in [1.54, 1.807) is 6.92 Å². The van der Waals surface area contributed by atoms with Crippen molar-refractivity contribution in [1.82, 2.24) is 4.72 Å². The minimum absolute atomic E-state index is 0.0501. The standard InChI is InChI=1S/C16H21NO4S/c1-4-22(18,19)17-10-5-6-11-20-14-9-7-8-13-12-16(2,3)21-15(13)14/h7-9,17H,4,10-12H2,1-3H3. The fraction of sp³-hybridized carbons (Fsp3) is 0.500. The van der Waals surface area contributed by atoms with Gasteiger partial charge in [0, 0.05) is 12.0 Å². The second-order valence-electron chi connectivity index (χ2n) is 5.65. The van der Waals surface area contributed by atoms with E-state index < -0.39 is 10.0 Å². The summed E-state index contributed by atoms with van der Waals surface area (Å²) in [6.45, 7) is 5.94. The molecule has 2 rings (SSSR count). The Labute approximate surface area is 132 Å². The van der Waals surface area contributed by atoms with E-state index in [0.717, 1.165) is 17.7 Å². The van der Waals surface area contributed by atoms with Crippen LogP contribution in [0.4, 0.5) is 0 Å². The number of ether oxygens (including phenoxy) is 2. The molecule has 0 fully saturated rings. The van der Waals surface area contributed by atoms with Gasteiger partial charge in [-0.25, -0.2) is 13.1 Å². The zero-order valence-corrected chi connectivity index (χ0v) is 13.9. The summed E-state index contributed by atoms with van der Waals surface area (Å²) in [4.78, 5) is 0. The molecule has 0 saturated heterocycles. The van der Waals surface area contributed by atoms with Gasteiger partial charge in [0.05, 0.1) is 12.3 Å². The van der Waals surface area contributed by atoms with Crippen molar-refractivity contribution in [1.29, 1.82) is 0 Å². The molecule has 0 bridgehead atoms. The summed E-state index contributed by atoms with van der Waals surface area (Å²) in [6.07, 6.45) is 0.851. The predicted octanol–water partition coefficient (Wildman–Crippen LogP) is 1.72. The van der Waals surface area contributed by atoms with Crippen molar-refractivity contribution in [3.05, 3.63) is 23.8 Å². The first-order chi connectivity index (χ1) is 10.3. The molecular weight excluding hydrogens is 302 g/mol. The first kappa shape index (κ1) is 16.7. The van der Waals surface area contributed by atoms with Crippen LogP contribution in [0.15, 0.2) is 18.2 Å². The molecule has 0 aliphatic carbocycles. The van der Waals surface area contributed by atoms with Crippen LogP contribution in [0, 0.1) is 11.8 Å². The fourth-order valence-electron chi connectivity index (χ4n) is 2.18. The lowest BCUT2D eigenvalue weighted by Crippen LogP contribution is -2.25. The highest BCUT2D eigenvalue weighted by Crippen LogP contribution is 2.41. The lowest BCUT2D eigenvalue weighted by Gasteiger charge is -2.17. The summed E-state index contributed by atoms with van der Waals surface area (Å²) >= 11 is 0. The lowest BCUT2D eigenvalue weighted by atomic mass is 10.0. The smallest absolute Gasteiger partial charge is 0.212 e. The highest BCUT2D eigenvalue weighted by atomic mass is 32.2. The van der Waals surface area contributed by atoms with Gasteiger partial charge in [0.1, 0.15) is 12.2 Å². The molecule has 0 amide bonds. The molecule has 1 aromatic carbocycles. The Morgan fingerprint density at radius 3 is 2.86 bits per heavy atom. The SMILES string of the molecule is CCS(=O)(=O)NCC#CCOc1cccc2c1OC(C)(C)C2. The number of hydrogen-bond acceptors (Lipinski definition) is 4. The van der Waals surface area contributed by atoms with Crippen LogP contribution in [0.2, 0.25) is 0 Å². The zero-order chi connectivity index (χ0) is 16.2. The molecule has 1 aliphatic heterocycles. The first-order valence-corrected chi connectivity index (χ1v) is 8.85. The van der Waals surface area contributed by atoms with Gasteiger partial charge >= 0.3 is 0 Å². The van der Waals surface area contributed by atoms with Gasteiger partial charge in [-0.05, 0) is 26.8 Å². The number of nitrogens with one attached hydrogen (secondary N) is 1. The van der Waals surface area contributed by atoms with E-state index in [4.69, 9.17) is 9.47 Å². The molecule has 1 aromatic rings. The highest BCUT2D eigenvalue weighted by molar-refractivity contribution is 7.89. The Bertz CT molecular complexity index is 699. The molecule has 6 heteroatoms. The highest BCUT2D eigenvalue weighted by Gasteiger charge is 2.32. The Balaban J connectivity index is 1.89. The number of fused-ring (bicyclic) bond motifs is 1.